The maximum atomic E-state index is 13.8. The van der Waals surface area contributed by atoms with Crippen LogP contribution in [-0.2, 0) is 33.2 Å². The zero-order valence-electron chi connectivity index (χ0n) is 30.9. The topological polar surface area (TPSA) is 197 Å². The number of carbonyl (C=O) groups is 4. The Morgan fingerprint density at radius 3 is 1.81 bits per heavy atom. The molecule has 294 valence electrons. The number of ether oxygens (including phenoxy) is 7. The van der Waals surface area contributed by atoms with E-state index in [9.17, 15) is 24.7 Å². The van der Waals surface area contributed by atoms with Crippen LogP contribution < -0.4 is 4.74 Å². The average Bonchev–Trinajstić information content (AvgIpc) is 3.66. The number of carbonyl (C=O) groups excluding carboxylic acids is 4. The molecule has 1 aliphatic rings. The lowest BCUT2D eigenvalue weighted by molar-refractivity contribution is -0.302. The summed E-state index contributed by atoms with van der Waals surface area (Å²) in [6.45, 7) is -0.552. The highest BCUT2D eigenvalue weighted by Crippen LogP contribution is 2.35. The van der Waals surface area contributed by atoms with Gasteiger partial charge >= 0.3 is 23.9 Å². The molecule has 15 heteroatoms. The lowest BCUT2D eigenvalue weighted by atomic mass is 9.97. The number of aromatic amines is 1. The molecule has 0 saturated carbocycles. The molecular formula is C43H36N4O11. The first kappa shape index (κ1) is 39.1. The predicted molar refractivity (Wildman–Crippen MR) is 208 cm³/mol. The second kappa shape index (κ2) is 18.2. The summed E-state index contributed by atoms with van der Waals surface area (Å²) in [6, 6.07) is 36.9. The van der Waals surface area contributed by atoms with Gasteiger partial charge in [0.25, 0.3) is 0 Å². The number of methoxy groups -OCH3 is 1. The number of nitrogens with zero attached hydrogens (tertiary/aromatic N) is 3. The van der Waals surface area contributed by atoms with Gasteiger partial charge in [0.05, 0.1) is 35.9 Å². The first-order chi connectivity index (χ1) is 28.3. The van der Waals surface area contributed by atoms with Gasteiger partial charge in [-0.15, -0.1) is 0 Å². The molecule has 2 heterocycles. The molecule has 6 unspecified atom stereocenters. The van der Waals surface area contributed by atoms with Gasteiger partial charge < -0.3 is 38.1 Å². The summed E-state index contributed by atoms with van der Waals surface area (Å²) in [6.07, 6.45) is -9.83. The Kier molecular flexibility index (Phi) is 12.2. The van der Waals surface area contributed by atoms with E-state index in [2.05, 4.69) is 15.0 Å². The van der Waals surface area contributed by atoms with E-state index >= 15 is 0 Å². The van der Waals surface area contributed by atoms with Gasteiger partial charge in [-0.1, -0.05) is 84.0 Å². The van der Waals surface area contributed by atoms with E-state index in [1.165, 1.54) is 36.4 Å². The summed E-state index contributed by atoms with van der Waals surface area (Å²) in [7, 11) is 1.09. The van der Waals surface area contributed by atoms with Gasteiger partial charge in [-0.3, -0.25) is 0 Å². The van der Waals surface area contributed by atoms with Gasteiger partial charge in [0.1, 0.15) is 18.5 Å². The van der Waals surface area contributed by atoms with Crippen molar-refractivity contribution in [3.05, 3.63) is 161 Å². The Morgan fingerprint density at radius 1 is 0.690 bits per heavy atom. The number of benzene rings is 5. The van der Waals surface area contributed by atoms with E-state index in [1.54, 1.807) is 60.7 Å². The van der Waals surface area contributed by atoms with Crippen LogP contribution >= 0.6 is 0 Å². The van der Waals surface area contributed by atoms with Crippen LogP contribution in [0.4, 0.5) is 0 Å². The van der Waals surface area contributed by atoms with E-state index in [4.69, 9.17) is 33.2 Å². The molecule has 1 saturated heterocycles. The summed E-state index contributed by atoms with van der Waals surface area (Å²) in [4.78, 5) is 61.0. The van der Waals surface area contributed by atoms with Crippen LogP contribution in [0.5, 0.6) is 5.75 Å². The standard InChI is InChI=1S/C43H36N4O11/c1-52-42(51)37-35(55-39(48)26-14-5-2-6-15-26)36(56-40(49)27-16-7-3-8-17-27)38(57-41(50)28-18-9-4-10-19-28)43(58-37)54-29(24-45-47-44)25-53-33-23-13-22-32-34(33)30-20-11-12-21-31(30)46-32/h2-23,29,35-38,43,46H,24-25H2,1H3. The van der Waals surface area contributed by atoms with E-state index in [-0.39, 0.29) is 29.8 Å². The van der Waals surface area contributed by atoms with E-state index in [0.717, 1.165) is 28.9 Å². The SMILES string of the molecule is COC(=O)C1OC(OC(CN=[N+]=[N-])COc2cccc3[nH]c4ccccc4c23)C(OC(=O)c2ccccc2)C(OC(=O)c2ccccc2)C1OC(=O)c1ccccc1. The normalized spacial score (nSPS) is 19.3. The van der Waals surface area contributed by atoms with Crippen molar-refractivity contribution in [3.63, 3.8) is 0 Å². The van der Waals surface area contributed by atoms with Crippen LogP contribution in [0.2, 0.25) is 0 Å². The van der Waals surface area contributed by atoms with Gasteiger partial charge in [-0.2, -0.15) is 0 Å². The Bertz CT molecular complexity index is 2440. The largest absolute Gasteiger partial charge is 0.490 e. The monoisotopic (exact) mass is 784 g/mol. The predicted octanol–water partition coefficient (Wildman–Crippen LogP) is 6.97. The lowest BCUT2D eigenvalue weighted by Crippen LogP contribution is -2.64. The molecule has 15 nitrogen and oxygen atoms in total. The molecular weight excluding hydrogens is 748 g/mol. The second-order valence-electron chi connectivity index (χ2n) is 13.0. The highest BCUT2D eigenvalue weighted by atomic mass is 16.7. The van der Waals surface area contributed by atoms with Crippen LogP contribution in [0, 0.1) is 0 Å². The number of hydrogen-bond donors (Lipinski definition) is 1. The Hall–Kier alpha value is -7.19. The van der Waals surface area contributed by atoms with Crippen molar-refractivity contribution in [2.75, 3.05) is 20.3 Å². The van der Waals surface area contributed by atoms with Gasteiger partial charge in [-0.25, -0.2) is 19.2 Å². The number of H-pyrrole nitrogens is 1. The lowest BCUT2D eigenvalue weighted by Gasteiger charge is -2.44. The summed E-state index contributed by atoms with van der Waals surface area (Å²) in [5, 5.41) is 5.41. The smallest absolute Gasteiger partial charge is 0.339 e. The first-order valence-electron chi connectivity index (χ1n) is 18.1. The number of para-hydroxylation sites is 1. The van der Waals surface area contributed by atoms with Crippen molar-refractivity contribution in [2.24, 2.45) is 5.11 Å². The molecule has 1 aliphatic heterocycles. The first-order valence-corrected chi connectivity index (χ1v) is 18.1. The molecule has 58 heavy (non-hydrogen) atoms. The molecule has 0 bridgehead atoms. The fraction of sp³-hybridized carbons (Fsp3) is 0.209. The molecule has 0 aliphatic carbocycles. The summed E-state index contributed by atoms with van der Waals surface area (Å²) < 4.78 is 41.9. The molecule has 0 amide bonds. The van der Waals surface area contributed by atoms with Crippen molar-refractivity contribution in [2.45, 2.75) is 36.8 Å². The zero-order valence-corrected chi connectivity index (χ0v) is 30.9. The van der Waals surface area contributed by atoms with Crippen LogP contribution in [0.25, 0.3) is 32.2 Å². The maximum absolute atomic E-state index is 13.8. The Balaban J connectivity index is 1.27. The van der Waals surface area contributed by atoms with Gasteiger partial charge in [0.2, 0.25) is 0 Å². The van der Waals surface area contributed by atoms with Crippen LogP contribution in [-0.4, -0.2) is 85.9 Å². The Morgan fingerprint density at radius 2 is 1.22 bits per heavy atom. The van der Waals surface area contributed by atoms with Crippen molar-refractivity contribution in [1.29, 1.82) is 0 Å². The number of esters is 4. The number of rotatable bonds is 14. The fourth-order valence-electron chi connectivity index (χ4n) is 6.54. The molecule has 6 atom stereocenters. The molecule has 0 radical (unpaired) electrons. The third-order valence-corrected chi connectivity index (χ3v) is 9.28. The molecule has 5 aromatic carbocycles. The Labute approximate surface area is 330 Å². The van der Waals surface area contributed by atoms with Crippen LogP contribution in [0.3, 0.4) is 0 Å². The number of hydrogen-bond acceptors (Lipinski definition) is 12. The van der Waals surface area contributed by atoms with E-state index < -0.39 is 60.7 Å². The number of azide groups is 1. The quantitative estimate of drug-likeness (QED) is 0.0394. The van der Waals surface area contributed by atoms with Crippen molar-refractivity contribution >= 4 is 45.7 Å². The maximum Gasteiger partial charge on any atom is 0.339 e. The third-order valence-electron chi connectivity index (χ3n) is 9.28. The second-order valence-corrected chi connectivity index (χ2v) is 13.0. The summed E-state index contributed by atoms with van der Waals surface area (Å²) in [5.41, 5.74) is 11.4. The fourth-order valence-corrected chi connectivity index (χ4v) is 6.54. The summed E-state index contributed by atoms with van der Waals surface area (Å²) >= 11 is 0. The zero-order chi connectivity index (χ0) is 40.4. The minimum atomic E-state index is -1.79. The number of nitrogens with one attached hydrogen (secondary N) is 1. The molecule has 1 aromatic heterocycles. The van der Waals surface area contributed by atoms with E-state index in [0.29, 0.717) is 5.75 Å². The van der Waals surface area contributed by atoms with Crippen molar-refractivity contribution in [3.8, 4) is 5.75 Å². The number of aromatic nitrogens is 1. The minimum absolute atomic E-state index is 0.100. The van der Waals surface area contributed by atoms with Gasteiger partial charge in [-0.05, 0) is 60.1 Å². The van der Waals surface area contributed by atoms with Gasteiger partial charge in [0, 0.05) is 21.2 Å². The highest BCUT2D eigenvalue weighted by molar-refractivity contribution is 6.10. The highest BCUT2D eigenvalue weighted by Gasteiger charge is 2.56. The average molecular weight is 785 g/mol. The molecule has 6 aromatic rings. The molecule has 7 rings (SSSR count). The molecule has 1 N–H and O–H groups in total. The molecule has 0 spiro atoms. The third kappa shape index (κ3) is 8.77. The van der Waals surface area contributed by atoms with Crippen molar-refractivity contribution in [1.82, 2.24) is 4.98 Å². The number of fused-ring (bicyclic) bond motifs is 3. The summed E-state index contributed by atoms with van der Waals surface area (Å²) in [5.74, 6) is -3.24. The molecule has 1 fully saturated rings. The minimum Gasteiger partial charge on any atom is -0.490 e. The van der Waals surface area contributed by atoms with E-state index in [1.807, 2.05) is 36.4 Å². The van der Waals surface area contributed by atoms with Crippen LogP contribution in [0.15, 0.2) is 139 Å². The van der Waals surface area contributed by atoms with Crippen molar-refractivity contribution < 1.29 is 52.3 Å². The van der Waals surface area contributed by atoms with Crippen LogP contribution in [0.1, 0.15) is 31.1 Å². The van der Waals surface area contributed by atoms with Gasteiger partial charge in [0.15, 0.2) is 30.7 Å².